The molecule has 0 aliphatic carbocycles. The van der Waals surface area contributed by atoms with E-state index < -0.39 is 0 Å². The standard InChI is InChI=1S/C11H8N2/c12-7-10-9-4-2-1-3-8(9)5-6-11(10)13/h1-6H,13H2. The van der Waals surface area contributed by atoms with E-state index in [1.165, 1.54) is 0 Å². The van der Waals surface area contributed by atoms with Crippen molar-refractivity contribution in [2.24, 2.45) is 0 Å². The molecule has 0 bridgehead atoms. The fraction of sp³-hybridized carbons (Fsp3) is 0. The predicted molar refractivity (Wildman–Crippen MR) is 53.1 cm³/mol. The summed E-state index contributed by atoms with van der Waals surface area (Å²) in [5.74, 6) is 0. The molecule has 13 heavy (non-hydrogen) atoms. The minimum atomic E-state index is 0.543. The van der Waals surface area contributed by atoms with E-state index in [2.05, 4.69) is 6.07 Å². The molecule has 0 spiro atoms. The summed E-state index contributed by atoms with van der Waals surface area (Å²) < 4.78 is 0. The lowest BCUT2D eigenvalue weighted by atomic mass is 10.0. The minimum absolute atomic E-state index is 0.543. The number of nitrogen functional groups attached to an aromatic ring is 1. The van der Waals surface area contributed by atoms with Crippen LogP contribution in [0.3, 0.4) is 0 Å². The molecule has 62 valence electrons. The van der Waals surface area contributed by atoms with Gasteiger partial charge in [-0.3, -0.25) is 0 Å². The zero-order chi connectivity index (χ0) is 9.26. The molecular weight excluding hydrogens is 160 g/mol. The largest absolute Gasteiger partial charge is 0.398 e. The maximum absolute atomic E-state index is 8.89. The minimum Gasteiger partial charge on any atom is -0.398 e. The molecule has 0 saturated heterocycles. The molecule has 2 aromatic rings. The van der Waals surface area contributed by atoms with E-state index >= 15 is 0 Å². The lowest BCUT2D eigenvalue weighted by molar-refractivity contribution is 1.50. The van der Waals surface area contributed by atoms with Crippen molar-refractivity contribution >= 4 is 16.5 Å². The van der Waals surface area contributed by atoms with Crippen molar-refractivity contribution < 1.29 is 0 Å². The number of anilines is 1. The molecule has 2 aromatic carbocycles. The van der Waals surface area contributed by atoms with Crippen LogP contribution < -0.4 is 5.73 Å². The molecule has 2 nitrogen and oxygen atoms in total. The van der Waals surface area contributed by atoms with E-state index in [9.17, 15) is 0 Å². The molecule has 0 aliphatic heterocycles. The van der Waals surface area contributed by atoms with Crippen LogP contribution in [0.15, 0.2) is 36.4 Å². The molecule has 0 atom stereocenters. The third-order valence-electron chi connectivity index (χ3n) is 2.07. The van der Waals surface area contributed by atoms with E-state index in [-0.39, 0.29) is 0 Å². The first-order chi connectivity index (χ1) is 6.33. The molecule has 0 aliphatic rings. The zero-order valence-electron chi connectivity index (χ0n) is 6.99. The van der Waals surface area contributed by atoms with Crippen LogP contribution >= 0.6 is 0 Å². The Morgan fingerprint density at radius 3 is 2.62 bits per heavy atom. The number of benzene rings is 2. The van der Waals surface area contributed by atoms with Gasteiger partial charge in [0.05, 0.1) is 11.3 Å². The van der Waals surface area contributed by atoms with Gasteiger partial charge in [-0.25, -0.2) is 0 Å². The monoisotopic (exact) mass is 168 g/mol. The van der Waals surface area contributed by atoms with Gasteiger partial charge in [-0.05, 0) is 11.5 Å². The number of nitriles is 1. The van der Waals surface area contributed by atoms with Crippen LogP contribution in [0.1, 0.15) is 5.56 Å². The molecule has 0 saturated carbocycles. The van der Waals surface area contributed by atoms with Gasteiger partial charge < -0.3 is 5.73 Å². The van der Waals surface area contributed by atoms with E-state index in [1.807, 2.05) is 30.3 Å². The topological polar surface area (TPSA) is 49.8 Å². The average molecular weight is 168 g/mol. The van der Waals surface area contributed by atoms with Gasteiger partial charge in [-0.2, -0.15) is 5.26 Å². The van der Waals surface area contributed by atoms with Crippen molar-refractivity contribution in [2.75, 3.05) is 5.73 Å². The summed E-state index contributed by atoms with van der Waals surface area (Å²) in [6, 6.07) is 13.5. The van der Waals surface area contributed by atoms with E-state index in [4.69, 9.17) is 11.0 Å². The molecule has 0 radical (unpaired) electrons. The van der Waals surface area contributed by atoms with E-state index in [1.54, 1.807) is 6.07 Å². The number of rotatable bonds is 0. The molecule has 0 aromatic heterocycles. The van der Waals surface area contributed by atoms with Crippen molar-refractivity contribution in [3.8, 4) is 6.07 Å². The molecule has 0 amide bonds. The second-order valence-corrected chi connectivity index (χ2v) is 2.86. The Morgan fingerprint density at radius 1 is 1.08 bits per heavy atom. The third-order valence-corrected chi connectivity index (χ3v) is 2.07. The van der Waals surface area contributed by atoms with E-state index in [0.717, 1.165) is 10.8 Å². The third kappa shape index (κ3) is 1.11. The number of fused-ring (bicyclic) bond motifs is 1. The Hall–Kier alpha value is -2.01. The second-order valence-electron chi connectivity index (χ2n) is 2.86. The summed E-state index contributed by atoms with van der Waals surface area (Å²) in [4.78, 5) is 0. The first-order valence-corrected chi connectivity index (χ1v) is 4.00. The molecule has 2 heteroatoms. The summed E-state index contributed by atoms with van der Waals surface area (Å²) in [5.41, 5.74) is 6.79. The van der Waals surface area contributed by atoms with Crippen molar-refractivity contribution in [1.82, 2.24) is 0 Å². The quantitative estimate of drug-likeness (QED) is 0.613. The van der Waals surface area contributed by atoms with Gasteiger partial charge in [0.1, 0.15) is 6.07 Å². The lowest BCUT2D eigenvalue weighted by Gasteiger charge is -2.01. The molecule has 0 fully saturated rings. The first kappa shape index (κ1) is 7.63. The van der Waals surface area contributed by atoms with Crippen molar-refractivity contribution in [3.63, 3.8) is 0 Å². The first-order valence-electron chi connectivity index (χ1n) is 4.00. The molecular formula is C11H8N2. The number of hydrogen-bond acceptors (Lipinski definition) is 2. The number of nitrogens with two attached hydrogens (primary N) is 1. The zero-order valence-corrected chi connectivity index (χ0v) is 6.99. The van der Waals surface area contributed by atoms with Gasteiger partial charge in [0.15, 0.2) is 0 Å². The normalized spacial score (nSPS) is 9.77. The fourth-order valence-corrected chi connectivity index (χ4v) is 1.41. The lowest BCUT2D eigenvalue weighted by Crippen LogP contribution is -1.90. The van der Waals surface area contributed by atoms with Crippen molar-refractivity contribution in [1.29, 1.82) is 5.26 Å². The van der Waals surface area contributed by atoms with Crippen LogP contribution in [0, 0.1) is 11.3 Å². The van der Waals surface area contributed by atoms with Gasteiger partial charge in [0, 0.05) is 5.39 Å². The second kappa shape index (κ2) is 2.80. The Labute approximate surface area is 76.2 Å². The van der Waals surface area contributed by atoms with Gasteiger partial charge in [0.2, 0.25) is 0 Å². The van der Waals surface area contributed by atoms with Crippen LogP contribution in [0.5, 0.6) is 0 Å². The highest BCUT2D eigenvalue weighted by Gasteiger charge is 2.02. The number of nitrogens with zero attached hydrogens (tertiary/aromatic N) is 1. The highest BCUT2D eigenvalue weighted by molar-refractivity contribution is 5.92. The van der Waals surface area contributed by atoms with Crippen molar-refractivity contribution in [3.05, 3.63) is 42.0 Å². The predicted octanol–water partition coefficient (Wildman–Crippen LogP) is 2.29. The smallest absolute Gasteiger partial charge is 0.102 e. The van der Waals surface area contributed by atoms with Crippen LogP contribution in [0.2, 0.25) is 0 Å². The van der Waals surface area contributed by atoms with Crippen molar-refractivity contribution in [2.45, 2.75) is 0 Å². The number of hydrogen-bond donors (Lipinski definition) is 1. The highest BCUT2D eigenvalue weighted by atomic mass is 14.6. The molecule has 0 heterocycles. The average Bonchev–Trinajstić information content (AvgIpc) is 2.18. The van der Waals surface area contributed by atoms with Crippen LogP contribution in [0.25, 0.3) is 10.8 Å². The Kier molecular flexibility index (Phi) is 1.64. The Balaban J connectivity index is 2.94. The maximum Gasteiger partial charge on any atom is 0.102 e. The maximum atomic E-state index is 8.89. The van der Waals surface area contributed by atoms with Gasteiger partial charge >= 0.3 is 0 Å². The van der Waals surface area contributed by atoms with E-state index in [0.29, 0.717) is 11.3 Å². The summed E-state index contributed by atoms with van der Waals surface area (Å²) in [5, 5.41) is 10.9. The molecule has 2 N–H and O–H groups in total. The molecule has 0 unspecified atom stereocenters. The summed E-state index contributed by atoms with van der Waals surface area (Å²) >= 11 is 0. The van der Waals surface area contributed by atoms with Crippen LogP contribution in [-0.4, -0.2) is 0 Å². The Bertz CT molecular complexity index is 495. The highest BCUT2D eigenvalue weighted by Crippen LogP contribution is 2.22. The summed E-state index contributed by atoms with van der Waals surface area (Å²) in [7, 11) is 0. The molecule has 2 rings (SSSR count). The SMILES string of the molecule is N#Cc1c(N)ccc2ccccc12. The summed E-state index contributed by atoms with van der Waals surface area (Å²) in [6.45, 7) is 0. The van der Waals surface area contributed by atoms with Gasteiger partial charge in [0.25, 0.3) is 0 Å². The van der Waals surface area contributed by atoms with Gasteiger partial charge in [-0.15, -0.1) is 0 Å². The fourth-order valence-electron chi connectivity index (χ4n) is 1.41. The summed E-state index contributed by atoms with van der Waals surface area (Å²) in [6.07, 6.45) is 0. The van der Waals surface area contributed by atoms with Gasteiger partial charge in [-0.1, -0.05) is 30.3 Å². The van der Waals surface area contributed by atoms with Crippen LogP contribution in [0.4, 0.5) is 5.69 Å². The Morgan fingerprint density at radius 2 is 1.85 bits per heavy atom. The van der Waals surface area contributed by atoms with Crippen LogP contribution in [-0.2, 0) is 0 Å².